The van der Waals surface area contributed by atoms with Gasteiger partial charge in [0, 0.05) is 17.6 Å². The van der Waals surface area contributed by atoms with Crippen LogP contribution in [0.15, 0.2) is 42.5 Å². The molecule has 2 unspecified atom stereocenters. The molecular weight excluding hydrogens is 525 g/mol. The molecule has 2 aromatic carbocycles. The highest BCUT2D eigenvalue weighted by atomic mass is 35.5. The fourth-order valence-electron chi connectivity index (χ4n) is 3.56. The van der Waals surface area contributed by atoms with Gasteiger partial charge in [-0.15, -0.1) is 0 Å². The Labute approximate surface area is 223 Å². The highest BCUT2D eigenvalue weighted by Crippen LogP contribution is 2.31. The van der Waals surface area contributed by atoms with Crippen molar-refractivity contribution < 1.29 is 22.7 Å². The van der Waals surface area contributed by atoms with Crippen molar-refractivity contribution in [1.82, 2.24) is 10.2 Å². The van der Waals surface area contributed by atoms with Gasteiger partial charge in [-0.2, -0.15) is 0 Å². The van der Waals surface area contributed by atoms with Crippen LogP contribution in [0.4, 0.5) is 5.69 Å². The summed E-state index contributed by atoms with van der Waals surface area (Å²) in [6.07, 6.45) is 2.04. The Morgan fingerprint density at radius 2 is 1.69 bits per heavy atom. The zero-order valence-electron chi connectivity index (χ0n) is 21.1. The fraction of sp³-hybridized carbons (Fsp3) is 0.440. The summed E-state index contributed by atoms with van der Waals surface area (Å²) in [4.78, 5) is 28.2. The van der Waals surface area contributed by atoms with Gasteiger partial charge in [0.2, 0.25) is 21.8 Å². The molecule has 0 aliphatic rings. The van der Waals surface area contributed by atoms with E-state index in [0.29, 0.717) is 12.2 Å². The Hall–Kier alpha value is -2.49. The molecular formula is C25H33Cl2N3O5S. The first kappa shape index (κ1) is 29.7. The lowest BCUT2D eigenvalue weighted by Crippen LogP contribution is -2.53. The third kappa shape index (κ3) is 8.01. The molecule has 198 valence electrons. The predicted octanol–water partition coefficient (Wildman–Crippen LogP) is 4.49. The van der Waals surface area contributed by atoms with E-state index < -0.39 is 28.5 Å². The largest absolute Gasteiger partial charge is 0.497 e. The molecule has 0 aromatic heterocycles. The molecule has 0 aliphatic heterocycles. The smallest absolute Gasteiger partial charge is 0.244 e. The van der Waals surface area contributed by atoms with Gasteiger partial charge in [0.05, 0.1) is 24.1 Å². The summed E-state index contributed by atoms with van der Waals surface area (Å²) in [5.41, 5.74) is 0.840. The predicted molar refractivity (Wildman–Crippen MR) is 144 cm³/mol. The summed E-state index contributed by atoms with van der Waals surface area (Å²) >= 11 is 12.3. The first-order chi connectivity index (χ1) is 16.9. The molecule has 0 fully saturated rings. The molecule has 8 nitrogen and oxygen atoms in total. The molecule has 0 saturated carbocycles. The van der Waals surface area contributed by atoms with Crippen LogP contribution >= 0.6 is 23.2 Å². The van der Waals surface area contributed by atoms with Crippen molar-refractivity contribution in [3.8, 4) is 5.75 Å². The molecule has 0 bridgehead atoms. The second-order valence-electron chi connectivity index (χ2n) is 8.48. The van der Waals surface area contributed by atoms with E-state index in [1.165, 1.54) is 23.1 Å². The molecule has 0 heterocycles. The molecule has 2 aromatic rings. The number of hydrogen-bond donors (Lipinski definition) is 1. The number of benzene rings is 2. The maximum Gasteiger partial charge on any atom is 0.244 e. The number of halogens is 2. The van der Waals surface area contributed by atoms with Gasteiger partial charge in [-0.1, -0.05) is 49.2 Å². The summed E-state index contributed by atoms with van der Waals surface area (Å²) in [7, 11) is -2.36. The lowest BCUT2D eigenvalue weighted by Gasteiger charge is -2.33. The fourth-order valence-corrected chi connectivity index (χ4v) is 4.85. The van der Waals surface area contributed by atoms with Crippen LogP contribution in [-0.4, -0.2) is 57.1 Å². The van der Waals surface area contributed by atoms with E-state index >= 15 is 0 Å². The summed E-state index contributed by atoms with van der Waals surface area (Å²) in [6.45, 7) is 5.17. The van der Waals surface area contributed by atoms with Crippen molar-refractivity contribution in [2.75, 3.05) is 24.2 Å². The zero-order valence-corrected chi connectivity index (χ0v) is 23.5. The van der Waals surface area contributed by atoms with Crippen molar-refractivity contribution in [2.45, 2.75) is 52.2 Å². The maximum atomic E-state index is 13.7. The van der Waals surface area contributed by atoms with Crippen LogP contribution in [-0.2, 0) is 26.2 Å². The average Bonchev–Trinajstić information content (AvgIpc) is 2.83. The number of hydrogen-bond acceptors (Lipinski definition) is 5. The standard InChI is InChI=1S/C25H33Cl2N3O5S/c1-6-17(3)28-25(32)22(7-2)29(15-18-8-11-20(35-4)12-9-18)24(31)16-30(36(5,33)34)23-14-19(26)10-13-21(23)27/h8-14,17,22H,6-7,15-16H2,1-5H3,(H,28,32). The molecule has 2 rings (SSSR count). The number of methoxy groups -OCH3 is 1. The van der Waals surface area contributed by atoms with Gasteiger partial charge < -0.3 is 15.0 Å². The Morgan fingerprint density at radius 1 is 1.06 bits per heavy atom. The minimum absolute atomic E-state index is 0.0812. The van der Waals surface area contributed by atoms with Crippen LogP contribution in [0.2, 0.25) is 10.0 Å². The number of amides is 2. The first-order valence-corrected chi connectivity index (χ1v) is 14.2. The normalized spacial score (nSPS) is 13.0. The molecule has 0 saturated heterocycles. The van der Waals surface area contributed by atoms with Crippen molar-refractivity contribution in [1.29, 1.82) is 0 Å². The minimum Gasteiger partial charge on any atom is -0.497 e. The molecule has 0 spiro atoms. The lowest BCUT2D eigenvalue weighted by molar-refractivity contribution is -0.140. The molecule has 0 aliphatic carbocycles. The van der Waals surface area contributed by atoms with Crippen molar-refractivity contribution >= 4 is 50.7 Å². The second-order valence-corrected chi connectivity index (χ2v) is 11.2. The Morgan fingerprint density at radius 3 is 2.22 bits per heavy atom. The van der Waals surface area contributed by atoms with Gasteiger partial charge in [0.15, 0.2) is 0 Å². The van der Waals surface area contributed by atoms with E-state index in [1.54, 1.807) is 38.3 Å². The quantitative estimate of drug-likeness (QED) is 0.414. The van der Waals surface area contributed by atoms with Crippen molar-refractivity contribution in [2.24, 2.45) is 0 Å². The number of nitrogens with zero attached hydrogens (tertiary/aromatic N) is 2. The number of rotatable bonds is 12. The molecule has 1 N–H and O–H groups in total. The molecule has 36 heavy (non-hydrogen) atoms. The molecule has 0 radical (unpaired) electrons. The SMILES string of the molecule is CCC(C)NC(=O)C(CC)N(Cc1ccc(OC)cc1)C(=O)CN(c1cc(Cl)ccc1Cl)S(C)(=O)=O. The van der Waals surface area contributed by atoms with E-state index in [4.69, 9.17) is 27.9 Å². The molecule has 2 amide bonds. The monoisotopic (exact) mass is 557 g/mol. The highest BCUT2D eigenvalue weighted by molar-refractivity contribution is 7.92. The summed E-state index contributed by atoms with van der Waals surface area (Å²) in [6, 6.07) is 10.6. The Kier molecular flexibility index (Phi) is 10.9. The number of sulfonamides is 1. The lowest BCUT2D eigenvalue weighted by atomic mass is 10.1. The Bertz CT molecular complexity index is 1160. The van der Waals surface area contributed by atoms with Crippen LogP contribution in [0.5, 0.6) is 5.75 Å². The van der Waals surface area contributed by atoms with Crippen LogP contribution in [0.25, 0.3) is 0 Å². The van der Waals surface area contributed by atoms with Crippen LogP contribution in [0.1, 0.15) is 39.2 Å². The number of carbonyl (C=O) groups excluding carboxylic acids is 2. The number of ether oxygens (including phenoxy) is 1. The average molecular weight is 559 g/mol. The Balaban J connectivity index is 2.48. The van der Waals surface area contributed by atoms with Crippen LogP contribution in [0, 0.1) is 0 Å². The van der Waals surface area contributed by atoms with Gasteiger partial charge >= 0.3 is 0 Å². The van der Waals surface area contributed by atoms with Gasteiger partial charge in [-0.05, 0) is 55.7 Å². The third-order valence-electron chi connectivity index (χ3n) is 5.75. The topological polar surface area (TPSA) is 96.0 Å². The summed E-state index contributed by atoms with van der Waals surface area (Å²) in [5, 5.41) is 3.32. The third-order valence-corrected chi connectivity index (χ3v) is 7.44. The van der Waals surface area contributed by atoms with Crippen LogP contribution in [0.3, 0.4) is 0 Å². The van der Waals surface area contributed by atoms with Gasteiger partial charge in [0.1, 0.15) is 18.3 Å². The van der Waals surface area contributed by atoms with E-state index in [0.717, 1.165) is 22.5 Å². The first-order valence-electron chi connectivity index (χ1n) is 11.6. The second kappa shape index (κ2) is 13.2. The zero-order chi connectivity index (χ0) is 27.0. The minimum atomic E-state index is -3.92. The molecule has 11 heteroatoms. The van der Waals surface area contributed by atoms with Gasteiger partial charge in [-0.25, -0.2) is 8.42 Å². The number of anilines is 1. The maximum absolute atomic E-state index is 13.7. The van der Waals surface area contributed by atoms with Gasteiger partial charge in [-0.3, -0.25) is 13.9 Å². The van der Waals surface area contributed by atoms with E-state index in [-0.39, 0.29) is 34.2 Å². The van der Waals surface area contributed by atoms with Crippen molar-refractivity contribution in [3.05, 3.63) is 58.1 Å². The molecule has 2 atom stereocenters. The van der Waals surface area contributed by atoms with E-state index in [1.807, 2.05) is 13.8 Å². The van der Waals surface area contributed by atoms with Crippen molar-refractivity contribution in [3.63, 3.8) is 0 Å². The number of nitrogens with one attached hydrogen (secondary N) is 1. The number of carbonyl (C=O) groups is 2. The highest BCUT2D eigenvalue weighted by Gasteiger charge is 2.32. The van der Waals surface area contributed by atoms with E-state index in [9.17, 15) is 18.0 Å². The summed E-state index contributed by atoms with van der Waals surface area (Å²) in [5.74, 6) is -0.212. The van der Waals surface area contributed by atoms with Gasteiger partial charge in [0.25, 0.3) is 0 Å². The summed E-state index contributed by atoms with van der Waals surface area (Å²) < 4.78 is 31.5. The van der Waals surface area contributed by atoms with Crippen LogP contribution < -0.4 is 14.4 Å². The van der Waals surface area contributed by atoms with E-state index in [2.05, 4.69) is 5.32 Å².